The van der Waals surface area contributed by atoms with Crippen LogP contribution >= 0.6 is 23.8 Å². The van der Waals surface area contributed by atoms with Crippen LogP contribution in [0.5, 0.6) is 0 Å². The van der Waals surface area contributed by atoms with Crippen molar-refractivity contribution in [2.75, 3.05) is 5.32 Å². The summed E-state index contributed by atoms with van der Waals surface area (Å²) >= 11 is 11.3. The summed E-state index contributed by atoms with van der Waals surface area (Å²) in [4.78, 5) is 4.17. The van der Waals surface area contributed by atoms with Gasteiger partial charge >= 0.3 is 0 Å². The SMILES string of the molecule is Fc1ccc(Cn2cnc(NC(=S)NC3CCCC3)n2)c(Cl)c1. The van der Waals surface area contributed by atoms with Gasteiger partial charge in [-0.1, -0.05) is 30.5 Å². The molecule has 23 heavy (non-hydrogen) atoms. The maximum absolute atomic E-state index is 13.1. The Morgan fingerprint density at radius 3 is 2.91 bits per heavy atom. The molecule has 0 bridgehead atoms. The Labute approximate surface area is 144 Å². The van der Waals surface area contributed by atoms with Crippen molar-refractivity contribution in [2.24, 2.45) is 0 Å². The first-order valence-electron chi connectivity index (χ1n) is 7.51. The molecule has 1 aliphatic rings. The van der Waals surface area contributed by atoms with Crippen LogP contribution < -0.4 is 10.6 Å². The Hall–Kier alpha value is -1.73. The van der Waals surface area contributed by atoms with Crippen molar-refractivity contribution in [3.8, 4) is 0 Å². The van der Waals surface area contributed by atoms with Crippen molar-refractivity contribution in [3.63, 3.8) is 0 Å². The molecule has 122 valence electrons. The van der Waals surface area contributed by atoms with E-state index >= 15 is 0 Å². The minimum atomic E-state index is -0.358. The van der Waals surface area contributed by atoms with Gasteiger partial charge in [-0.3, -0.25) is 5.32 Å². The number of hydrogen-bond acceptors (Lipinski definition) is 3. The Morgan fingerprint density at radius 1 is 1.39 bits per heavy atom. The van der Waals surface area contributed by atoms with Crippen LogP contribution in [0.3, 0.4) is 0 Å². The molecule has 0 aliphatic heterocycles. The summed E-state index contributed by atoms with van der Waals surface area (Å²) in [5, 5.41) is 11.5. The predicted molar refractivity (Wildman–Crippen MR) is 92.1 cm³/mol. The van der Waals surface area contributed by atoms with Gasteiger partial charge in [-0.05, 0) is 42.8 Å². The van der Waals surface area contributed by atoms with Gasteiger partial charge in [0.1, 0.15) is 12.1 Å². The number of anilines is 1. The van der Waals surface area contributed by atoms with Gasteiger partial charge in [-0.25, -0.2) is 14.1 Å². The highest BCUT2D eigenvalue weighted by Gasteiger charge is 2.16. The average molecular weight is 354 g/mol. The van der Waals surface area contributed by atoms with Crippen LogP contribution in [0, 0.1) is 5.82 Å². The first kappa shape index (κ1) is 16.1. The van der Waals surface area contributed by atoms with Gasteiger partial charge in [0.2, 0.25) is 5.95 Å². The van der Waals surface area contributed by atoms with Crippen molar-refractivity contribution in [3.05, 3.63) is 40.9 Å². The lowest BCUT2D eigenvalue weighted by Gasteiger charge is -2.13. The Kier molecular flexibility index (Phi) is 5.07. The summed E-state index contributed by atoms with van der Waals surface area (Å²) in [6.07, 6.45) is 6.36. The first-order valence-corrected chi connectivity index (χ1v) is 8.29. The van der Waals surface area contributed by atoms with Gasteiger partial charge in [-0.15, -0.1) is 5.10 Å². The molecule has 3 rings (SSSR count). The largest absolute Gasteiger partial charge is 0.360 e. The minimum absolute atomic E-state index is 0.358. The molecular formula is C15H17ClFN5S. The van der Waals surface area contributed by atoms with E-state index in [1.165, 1.54) is 25.0 Å². The van der Waals surface area contributed by atoms with Crippen LogP contribution in [-0.2, 0) is 6.54 Å². The van der Waals surface area contributed by atoms with E-state index in [1.54, 1.807) is 17.1 Å². The highest BCUT2D eigenvalue weighted by Crippen LogP contribution is 2.19. The molecule has 0 atom stereocenters. The summed E-state index contributed by atoms with van der Waals surface area (Å²) < 4.78 is 14.7. The maximum Gasteiger partial charge on any atom is 0.248 e. The number of thiocarbonyl (C=S) groups is 1. The van der Waals surface area contributed by atoms with Gasteiger partial charge in [0.15, 0.2) is 5.11 Å². The Bertz CT molecular complexity index is 699. The first-order chi connectivity index (χ1) is 11.1. The summed E-state index contributed by atoms with van der Waals surface area (Å²) in [6.45, 7) is 0.413. The number of aromatic nitrogens is 3. The standard InChI is InChI=1S/C15H17ClFN5S/c16-13-7-11(17)6-5-10(13)8-22-9-18-14(21-22)20-15(23)19-12-3-1-2-4-12/h5-7,9,12H,1-4,8H2,(H2,19,20,21,23). The normalized spacial score (nSPS) is 14.9. The van der Waals surface area contributed by atoms with Gasteiger partial charge in [0.05, 0.1) is 6.54 Å². The smallest absolute Gasteiger partial charge is 0.248 e. The highest BCUT2D eigenvalue weighted by molar-refractivity contribution is 7.80. The second-order valence-corrected chi connectivity index (χ2v) is 6.40. The van der Waals surface area contributed by atoms with E-state index in [-0.39, 0.29) is 5.82 Å². The minimum Gasteiger partial charge on any atom is -0.360 e. The molecule has 8 heteroatoms. The molecule has 1 aromatic heterocycles. The van der Waals surface area contributed by atoms with Crippen molar-refractivity contribution in [1.29, 1.82) is 0 Å². The molecule has 0 amide bonds. The van der Waals surface area contributed by atoms with E-state index in [1.807, 2.05) is 0 Å². The van der Waals surface area contributed by atoms with E-state index < -0.39 is 0 Å². The zero-order valence-corrected chi connectivity index (χ0v) is 14.0. The molecule has 5 nitrogen and oxygen atoms in total. The molecule has 0 radical (unpaired) electrons. The van der Waals surface area contributed by atoms with Crippen LogP contribution in [0.2, 0.25) is 5.02 Å². The number of rotatable bonds is 4. The molecular weight excluding hydrogens is 337 g/mol. The lowest BCUT2D eigenvalue weighted by atomic mass is 10.2. The van der Waals surface area contributed by atoms with Gasteiger partial charge in [-0.2, -0.15) is 0 Å². The zero-order chi connectivity index (χ0) is 16.2. The average Bonchev–Trinajstić information content (AvgIpc) is 3.14. The third kappa shape index (κ3) is 4.39. The number of halogens is 2. The van der Waals surface area contributed by atoms with Crippen LogP contribution in [-0.4, -0.2) is 25.9 Å². The van der Waals surface area contributed by atoms with E-state index in [0.717, 1.165) is 18.4 Å². The summed E-state index contributed by atoms with van der Waals surface area (Å²) in [5.74, 6) is 0.0711. The van der Waals surface area contributed by atoms with Crippen LogP contribution in [0.4, 0.5) is 10.3 Å². The number of nitrogens with zero attached hydrogens (tertiary/aromatic N) is 3. The topological polar surface area (TPSA) is 54.8 Å². The van der Waals surface area contributed by atoms with E-state index in [9.17, 15) is 4.39 Å². The third-order valence-corrected chi connectivity index (χ3v) is 4.37. The van der Waals surface area contributed by atoms with Crippen LogP contribution in [0.25, 0.3) is 0 Å². The third-order valence-electron chi connectivity index (χ3n) is 3.80. The van der Waals surface area contributed by atoms with Gasteiger partial charge in [0.25, 0.3) is 0 Å². The summed E-state index contributed by atoms with van der Waals surface area (Å²) in [6, 6.07) is 4.74. The molecule has 1 aliphatic carbocycles. The summed E-state index contributed by atoms with van der Waals surface area (Å²) in [7, 11) is 0. The number of nitrogens with one attached hydrogen (secondary N) is 2. The van der Waals surface area contributed by atoms with Crippen LogP contribution in [0.1, 0.15) is 31.2 Å². The molecule has 2 N–H and O–H groups in total. The molecule has 0 spiro atoms. The van der Waals surface area contributed by atoms with Crippen molar-refractivity contribution in [1.82, 2.24) is 20.1 Å². The Balaban J connectivity index is 1.58. The summed E-state index contributed by atoms with van der Waals surface area (Å²) in [5.41, 5.74) is 0.774. The number of hydrogen-bond donors (Lipinski definition) is 2. The van der Waals surface area contributed by atoms with E-state index in [4.69, 9.17) is 23.8 Å². The molecule has 0 unspecified atom stereocenters. The second-order valence-electron chi connectivity index (χ2n) is 5.58. The maximum atomic E-state index is 13.1. The van der Waals surface area contributed by atoms with Gasteiger partial charge < -0.3 is 5.32 Å². The molecule has 1 aromatic carbocycles. The zero-order valence-electron chi connectivity index (χ0n) is 12.4. The fraction of sp³-hybridized carbons (Fsp3) is 0.400. The monoisotopic (exact) mass is 353 g/mol. The molecule has 1 heterocycles. The lowest BCUT2D eigenvalue weighted by Crippen LogP contribution is -2.36. The van der Waals surface area contributed by atoms with Gasteiger partial charge in [0, 0.05) is 11.1 Å². The van der Waals surface area contributed by atoms with Crippen molar-refractivity contribution >= 4 is 34.9 Å². The van der Waals surface area contributed by atoms with E-state index in [2.05, 4.69) is 20.7 Å². The second kappa shape index (κ2) is 7.23. The quantitative estimate of drug-likeness (QED) is 0.825. The highest BCUT2D eigenvalue weighted by atomic mass is 35.5. The molecule has 1 fully saturated rings. The molecule has 1 saturated carbocycles. The fourth-order valence-corrected chi connectivity index (χ4v) is 3.13. The predicted octanol–water partition coefficient (Wildman–Crippen LogP) is 3.35. The number of benzene rings is 1. The fourth-order valence-electron chi connectivity index (χ4n) is 2.65. The Morgan fingerprint density at radius 2 is 2.17 bits per heavy atom. The van der Waals surface area contributed by atoms with E-state index in [0.29, 0.717) is 28.7 Å². The van der Waals surface area contributed by atoms with Crippen molar-refractivity contribution < 1.29 is 4.39 Å². The molecule has 2 aromatic rings. The molecule has 0 saturated heterocycles. The van der Waals surface area contributed by atoms with Crippen molar-refractivity contribution in [2.45, 2.75) is 38.3 Å². The lowest BCUT2D eigenvalue weighted by molar-refractivity contribution is 0.624. The van der Waals surface area contributed by atoms with Crippen LogP contribution in [0.15, 0.2) is 24.5 Å².